The maximum Gasteiger partial charge on any atom is 0.343 e. The van der Waals surface area contributed by atoms with Gasteiger partial charge < -0.3 is 34.7 Å². The standard InChI is InChI=1S/C26H28N2O8/c1-4-36-26(33)19-14-28-25(32)23(24(19)31)18(16-7-10-21(35-3)20(29)11-16)12-22(30)27-13-15-5-8-17(34-2)9-6-15/h5-11,14,18,29H,4,12-13H2,1-3H3,(H,27,30)(H2,28,31,32)/t18-/m1/s1. The summed E-state index contributed by atoms with van der Waals surface area (Å²) >= 11 is 0. The molecule has 1 heterocycles. The number of hydrogen-bond donors (Lipinski definition) is 4. The highest BCUT2D eigenvalue weighted by Crippen LogP contribution is 2.37. The Kier molecular flexibility index (Phi) is 8.56. The van der Waals surface area contributed by atoms with E-state index in [1.807, 2.05) is 0 Å². The molecule has 0 fully saturated rings. The molecule has 0 spiro atoms. The number of methoxy groups -OCH3 is 2. The van der Waals surface area contributed by atoms with Gasteiger partial charge in [-0.15, -0.1) is 0 Å². The fourth-order valence-corrected chi connectivity index (χ4v) is 3.74. The van der Waals surface area contributed by atoms with Gasteiger partial charge in [0, 0.05) is 25.1 Å². The molecule has 1 amide bonds. The van der Waals surface area contributed by atoms with Gasteiger partial charge in [-0.25, -0.2) is 4.79 Å². The van der Waals surface area contributed by atoms with E-state index in [0.29, 0.717) is 11.3 Å². The number of phenolic OH excluding ortho intramolecular Hbond substituents is 1. The van der Waals surface area contributed by atoms with E-state index in [9.17, 15) is 24.6 Å². The van der Waals surface area contributed by atoms with Gasteiger partial charge in [-0.1, -0.05) is 18.2 Å². The van der Waals surface area contributed by atoms with Crippen LogP contribution in [0.25, 0.3) is 0 Å². The van der Waals surface area contributed by atoms with E-state index in [4.69, 9.17) is 14.2 Å². The molecule has 0 saturated heterocycles. The Bertz CT molecular complexity index is 1280. The zero-order chi connectivity index (χ0) is 26.2. The van der Waals surface area contributed by atoms with Crippen LogP contribution < -0.4 is 20.3 Å². The summed E-state index contributed by atoms with van der Waals surface area (Å²) in [5.41, 5.74) is 0.0452. The molecule has 1 atom stereocenters. The maximum atomic E-state index is 12.9. The van der Waals surface area contributed by atoms with Crippen molar-refractivity contribution in [1.29, 1.82) is 0 Å². The number of H-pyrrole nitrogens is 1. The molecule has 2 aromatic carbocycles. The third-order valence-electron chi connectivity index (χ3n) is 5.59. The maximum absolute atomic E-state index is 12.9. The van der Waals surface area contributed by atoms with E-state index in [2.05, 4.69) is 10.3 Å². The quantitative estimate of drug-likeness (QED) is 0.313. The molecule has 3 rings (SSSR count). The van der Waals surface area contributed by atoms with Crippen molar-refractivity contribution in [2.45, 2.75) is 25.8 Å². The second-order valence-electron chi connectivity index (χ2n) is 7.83. The number of pyridine rings is 1. The van der Waals surface area contributed by atoms with Crippen molar-refractivity contribution in [3.05, 3.63) is 81.3 Å². The van der Waals surface area contributed by atoms with Crippen LogP contribution in [0, 0.1) is 0 Å². The largest absolute Gasteiger partial charge is 0.506 e. The van der Waals surface area contributed by atoms with Crippen molar-refractivity contribution in [3.63, 3.8) is 0 Å². The first-order chi connectivity index (χ1) is 17.3. The number of ether oxygens (including phenoxy) is 3. The highest BCUT2D eigenvalue weighted by molar-refractivity contribution is 5.92. The smallest absolute Gasteiger partial charge is 0.343 e. The molecule has 0 unspecified atom stereocenters. The second kappa shape index (κ2) is 11.8. The van der Waals surface area contributed by atoms with Crippen LogP contribution >= 0.6 is 0 Å². The molecule has 3 aromatic rings. The topological polar surface area (TPSA) is 147 Å². The fraction of sp³-hybridized carbons (Fsp3) is 0.269. The average Bonchev–Trinajstić information content (AvgIpc) is 2.87. The number of nitrogens with one attached hydrogen (secondary N) is 2. The monoisotopic (exact) mass is 496 g/mol. The Morgan fingerprint density at radius 3 is 2.39 bits per heavy atom. The number of benzene rings is 2. The van der Waals surface area contributed by atoms with Crippen LogP contribution in [0.5, 0.6) is 23.0 Å². The second-order valence-corrected chi connectivity index (χ2v) is 7.83. The van der Waals surface area contributed by atoms with Gasteiger partial charge in [0.25, 0.3) is 5.56 Å². The van der Waals surface area contributed by atoms with Crippen LogP contribution in [0.4, 0.5) is 0 Å². The number of aromatic nitrogens is 1. The van der Waals surface area contributed by atoms with Gasteiger partial charge in [0.2, 0.25) is 5.91 Å². The van der Waals surface area contributed by atoms with Crippen molar-refractivity contribution in [3.8, 4) is 23.0 Å². The zero-order valence-electron chi connectivity index (χ0n) is 20.2. The zero-order valence-corrected chi connectivity index (χ0v) is 20.2. The number of amides is 1. The number of esters is 1. The number of aromatic hydroxyl groups is 2. The Labute approximate surface area is 207 Å². The predicted molar refractivity (Wildman–Crippen MR) is 131 cm³/mol. The lowest BCUT2D eigenvalue weighted by Gasteiger charge is -2.20. The minimum absolute atomic E-state index is 0.0658. The van der Waals surface area contributed by atoms with Crippen LogP contribution in [0.3, 0.4) is 0 Å². The van der Waals surface area contributed by atoms with Gasteiger partial charge in [0.1, 0.15) is 17.1 Å². The Morgan fingerprint density at radius 1 is 1.06 bits per heavy atom. The summed E-state index contributed by atoms with van der Waals surface area (Å²) in [5.74, 6) is -2.19. The van der Waals surface area contributed by atoms with Gasteiger partial charge in [-0.3, -0.25) is 9.59 Å². The number of phenols is 1. The lowest BCUT2D eigenvalue weighted by Crippen LogP contribution is -2.27. The number of carbonyl (C=O) groups is 2. The summed E-state index contributed by atoms with van der Waals surface area (Å²) in [6.45, 7) is 1.89. The van der Waals surface area contributed by atoms with E-state index in [1.165, 1.54) is 19.2 Å². The van der Waals surface area contributed by atoms with Gasteiger partial charge in [-0.05, 0) is 42.3 Å². The number of hydrogen-bond acceptors (Lipinski definition) is 8. The van der Waals surface area contributed by atoms with Crippen molar-refractivity contribution in [2.75, 3.05) is 20.8 Å². The summed E-state index contributed by atoms with van der Waals surface area (Å²) in [4.78, 5) is 40.5. The summed E-state index contributed by atoms with van der Waals surface area (Å²) < 4.78 is 15.2. The molecular formula is C26H28N2O8. The van der Waals surface area contributed by atoms with Gasteiger partial charge in [0.05, 0.1) is 26.4 Å². The fourth-order valence-electron chi connectivity index (χ4n) is 3.74. The Morgan fingerprint density at radius 2 is 1.78 bits per heavy atom. The first-order valence-electron chi connectivity index (χ1n) is 11.2. The molecule has 0 aliphatic rings. The minimum Gasteiger partial charge on any atom is -0.506 e. The Balaban J connectivity index is 1.96. The number of rotatable bonds is 10. The highest BCUT2D eigenvalue weighted by Gasteiger charge is 2.28. The SMILES string of the molecule is CCOC(=O)c1c[nH]c(=O)c([C@H](CC(=O)NCc2ccc(OC)cc2)c2ccc(OC)c(O)c2)c1O. The highest BCUT2D eigenvalue weighted by atomic mass is 16.5. The van der Waals surface area contributed by atoms with E-state index in [0.717, 1.165) is 11.8 Å². The molecular weight excluding hydrogens is 468 g/mol. The summed E-state index contributed by atoms with van der Waals surface area (Å²) in [5, 5.41) is 24.0. The van der Waals surface area contributed by atoms with Gasteiger partial charge in [-0.2, -0.15) is 0 Å². The third-order valence-corrected chi connectivity index (χ3v) is 5.59. The predicted octanol–water partition coefficient (Wildman–Crippen LogP) is 2.82. The molecule has 0 aliphatic carbocycles. The number of aromatic amines is 1. The van der Waals surface area contributed by atoms with Crippen LogP contribution in [-0.4, -0.2) is 47.9 Å². The molecule has 0 radical (unpaired) electrons. The molecule has 0 aliphatic heterocycles. The lowest BCUT2D eigenvalue weighted by molar-refractivity contribution is -0.121. The van der Waals surface area contributed by atoms with E-state index in [1.54, 1.807) is 44.4 Å². The molecule has 0 saturated carbocycles. The average molecular weight is 497 g/mol. The lowest BCUT2D eigenvalue weighted by atomic mass is 9.87. The molecule has 190 valence electrons. The molecule has 36 heavy (non-hydrogen) atoms. The first-order valence-corrected chi connectivity index (χ1v) is 11.2. The van der Waals surface area contributed by atoms with Crippen molar-refractivity contribution < 1.29 is 34.0 Å². The summed E-state index contributed by atoms with van der Waals surface area (Å²) in [7, 11) is 2.94. The van der Waals surface area contributed by atoms with Crippen molar-refractivity contribution >= 4 is 11.9 Å². The van der Waals surface area contributed by atoms with Crippen molar-refractivity contribution in [1.82, 2.24) is 10.3 Å². The normalized spacial score (nSPS) is 11.4. The van der Waals surface area contributed by atoms with Crippen LogP contribution in [-0.2, 0) is 16.1 Å². The third kappa shape index (κ3) is 5.96. The summed E-state index contributed by atoms with van der Waals surface area (Å²) in [6, 6.07) is 11.5. The van der Waals surface area contributed by atoms with E-state index < -0.39 is 29.1 Å². The van der Waals surface area contributed by atoms with E-state index >= 15 is 0 Å². The van der Waals surface area contributed by atoms with E-state index in [-0.39, 0.29) is 42.2 Å². The molecule has 10 heteroatoms. The summed E-state index contributed by atoms with van der Waals surface area (Å²) in [6.07, 6.45) is 0.802. The number of carbonyl (C=O) groups excluding carboxylic acids is 2. The molecule has 0 bridgehead atoms. The molecule has 10 nitrogen and oxygen atoms in total. The van der Waals surface area contributed by atoms with Crippen LogP contribution in [0.2, 0.25) is 0 Å². The minimum atomic E-state index is -1.00. The van der Waals surface area contributed by atoms with Gasteiger partial charge >= 0.3 is 5.97 Å². The molecule has 4 N–H and O–H groups in total. The van der Waals surface area contributed by atoms with Crippen LogP contribution in [0.15, 0.2) is 53.5 Å². The molecule has 1 aromatic heterocycles. The van der Waals surface area contributed by atoms with Gasteiger partial charge in [0.15, 0.2) is 11.5 Å². The van der Waals surface area contributed by atoms with Crippen molar-refractivity contribution in [2.24, 2.45) is 0 Å². The van der Waals surface area contributed by atoms with Crippen LogP contribution in [0.1, 0.15) is 46.3 Å². The first kappa shape index (κ1) is 26.1. The Hall–Kier alpha value is -4.47.